The standard InChI is InChI=1S/C17H24N4O2/c1-20-7-9-21(10-8-20)17(22)18-6-5-13-12-19-16-11-14(23-2)3-4-15(13)16/h3-4,11-12,19H,5-10H2,1-2H3,(H,18,22). The fourth-order valence-electron chi connectivity index (χ4n) is 2.92. The van der Waals surface area contributed by atoms with Crippen LogP contribution in [0.1, 0.15) is 5.56 Å². The molecule has 0 bridgehead atoms. The van der Waals surface area contributed by atoms with Crippen molar-refractivity contribution in [1.29, 1.82) is 0 Å². The number of aromatic nitrogens is 1. The molecule has 6 nitrogen and oxygen atoms in total. The van der Waals surface area contributed by atoms with Crippen molar-refractivity contribution in [2.45, 2.75) is 6.42 Å². The van der Waals surface area contributed by atoms with Gasteiger partial charge in [-0.3, -0.25) is 0 Å². The summed E-state index contributed by atoms with van der Waals surface area (Å²) in [6.07, 6.45) is 2.82. The van der Waals surface area contributed by atoms with E-state index in [1.807, 2.05) is 23.2 Å². The van der Waals surface area contributed by atoms with Gasteiger partial charge < -0.3 is 24.8 Å². The molecule has 3 rings (SSSR count). The first-order valence-electron chi connectivity index (χ1n) is 8.02. The van der Waals surface area contributed by atoms with Crippen LogP contribution in [0.4, 0.5) is 4.79 Å². The van der Waals surface area contributed by atoms with E-state index < -0.39 is 0 Å². The van der Waals surface area contributed by atoms with Crippen molar-refractivity contribution in [3.63, 3.8) is 0 Å². The van der Waals surface area contributed by atoms with E-state index in [4.69, 9.17) is 4.74 Å². The van der Waals surface area contributed by atoms with Gasteiger partial charge in [0.15, 0.2) is 0 Å². The number of aromatic amines is 1. The first-order chi connectivity index (χ1) is 11.2. The molecular weight excluding hydrogens is 292 g/mol. The summed E-state index contributed by atoms with van der Waals surface area (Å²) in [5, 5.41) is 4.20. The van der Waals surface area contributed by atoms with Crippen molar-refractivity contribution in [3.05, 3.63) is 30.0 Å². The summed E-state index contributed by atoms with van der Waals surface area (Å²) in [6.45, 7) is 4.13. The predicted octanol–water partition coefficient (Wildman–Crippen LogP) is 1.68. The zero-order valence-corrected chi connectivity index (χ0v) is 13.8. The summed E-state index contributed by atoms with van der Waals surface area (Å²) < 4.78 is 5.23. The molecule has 1 aliphatic rings. The summed E-state index contributed by atoms with van der Waals surface area (Å²) in [5.41, 5.74) is 2.27. The largest absolute Gasteiger partial charge is 0.497 e. The number of methoxy groups -OCH3 is 1. The summed E-state index contributed by atoms with van der Waals surface area (Å²) in [7, 11) is 3.75. The Morgan fingerprint density at radius 3 is 2.83 bits per heavy atom. The maximum Gasteiger partial charge on any atom is 0.317 e. The number of carbonyl (C=O) groups excluding carboxylic acids is 1. The smallest absolute Gasteiger partial charge is 0.317 e. The van der Waals surface area contributed by atoms with Crippen LogP contribution in [0.3, 0.4) is 0 Å². The number of H-pyrrole nitrogens is 1. The number of fused-ring (bicyclic) bond motifs is 1. The zero-order chi connectivity index (χ0) is 16.2. The maximum atomic E-state index is 12.2. The number of hydrogen-bond donors (Lipinski definition) is 2. The summed E-state index contributed by atoms with van der Waals surface area (Å²) >= 11 is 0. The van der Waals surface area contributed by atoms with Crippen molar-refractivity contribution in [2.24, 2.45) is 0 Å². The highest BCUT2D eigenvalue weighted by atomic mass is 16.5. The van der Waals surface area contributed by atoms with Crippen molar-refractivity contribution in [3.8, 4) is 5.75 Å². The molecule has 2 amide bonds. The molecule has 1 saturated heterocycles. The molecule has 1 aliphatic heterocycles. The molecule has 2 aromatic rings. The molecule has 0 radical (unpaired) electrons. The number of likely N-dealkylation sites (N-methyl/N-ethyl adjacent to an activating group) is 1. The molecule has 0 spiro atoms. The Kier molecular flexibility index (Phi) is 4.71. The summed E-state index contributed by atoms with van der Waals surface area (Å²) in [4.78, 5) is 19.5. The molecule has 0 unspecified atom stereocenters. The van der Waals surface area contributed by atoms with Crippen molar-refractivity contribution in [1.82, 2.24) is 20.1 Å². The minimum atomic E-state index is 0.0413. The highest BCUT2D eigenvalue weighted by Crippen LogP contribution is 2.23. The lowest BCUT2D eigenvalue weighted by molar-refractivity contribution is 0.154. The van der Waals surface area contributed by atoms with E-state index in [1.54, 1.807) is 7.11 Å². The highest BCUT2D eigenvalue weighted by Gasteiger charge is 2.18. The van der Waals surface area contributed by atoms with Crippen molar-refractivity contribution < 1.29 is 9.53 Å². The van der Waals surface area contributed by atoms with Gasteiger partial charge in [-0.2, -0.15) is 0 Å². The van der Waals surface area contributed by atoms with Gasteiger partial charge in [-0.1, -0.05) is 0 Å². The first-order valence-corrected chi connectivity index (χ1v) is 8.02. The third-order valence-electron chi connectivity index (χ3n) is 4.44. The third kappa shape index (κ3) is 3.59. The highest BCUT2D eigenvalue weighted by molar-refractivity contribution is 5.84. The molecular formula is C17H24N4O2. The quantitative estimate of drug-likeness (QED) is 0.902. The third-order valence-corrected chi connectivity index (χ3v) is 4.44. The SMILES string of the molecule is COc1ccc2c(CCNC(=O)N3CCN(C)CC3)c[nH]c2c1. The van der Waals surface area contributed by atoms with Crippen molar-refractivity contribution in [2.75, 3.05) is 46.9 Å². The molecule has 2 heterocycles. The van der Waals surface area contributed by atoms with E-state index in [2.05, 4.69) is 28.3 Å². The van der Waals surface area contributed by atoms with Crippen LogP contribution in [0, 0.1) is 0 Å². The number of rotatable bonds is 4. The molecule has 23 heavy (non-hydrogen) atoms. The van der Waals surface area contributed by atoms with E-state index in [9.17, 15) is 4.79 Å². The molecule has 1 fully saturated rings. The minimum absolute atomic E-state index is 0.0413. The number of amides is 2. The van der Waals surface area contributed by atoms with E-state index >= 15 is 0 Å². The number of carbonyl (C=O) groups is 1. The molecule has 0 saturated carbocycles. The van der Waals surface area contributed by atoms with Gasteiger partial charge in [0, 0.05) is 55.9 Å². The van der Waals surface area contributed by atoms with Crippen LogP contribution in [0.2, 0.25) is 0 Å². The Morgan fingerprint density at radius 1 is 1.30 bits per heavy atom. The average molecular weight is 316 g/mol. The molecule has 6 heteroatoms. The Morgan fingerprint density at radius 2 is 2.09 bits per heavy atom. The van der Waals surface area contributed by atoms with Crippen LogP contribution in [-0.4, -0.2) is 67.7 Å². The van der Waals surface area contributed by atoms with Crippen LogP contribution in [0.25, 0.3) is 10.9 Å². The summed E-state index contributed by atoms with van der Waals surface area (Å²) in [5.74, 6) is 0.842. The number of nitrogens with zero attached hydrogens (tertiary/aromatic N) is 2. The number of benzene rings is 1. The van der Waals surface area contributed by atoms with Gasteiger partial charge in [-0.05, 0) is 31.2 Å². The van der Waals surface area contributed by atoms with Gasteiger partial charge in [-0.15, -0.1) is 0 Å². The Bertz CT molecular complexity index is 674. The molecule has 1 aromatic carbocycles. The predicted molar refractivity (Wildman–Crippen MR) is 91.0 cm³/mol. The second kappa shape index (κ2) is 6.91. The molecule has 1 aromatic heterocycles. The van der Waals surface area contributed by atoms with Crippen LogP contribution in [0.5, 0.6) is 5.75 Å². The average Bonchev–Trinajstić information content (AvgIpc) is 2.97. The number of nitrogens with one attached hydrogen (secondary N) is 2. The molecule has 0 aliphatic carbocycles. The second-order valence-corrected chi connectivity index (χ2v) is 6.00. The second-order valence-electron chi connectivity index (χ2n) is 6.00. The Hall–Kier alpha value is -2.21. The van der Waals surface area contributed by atoms with Gasteiger partial charge >= 0.3 is 6.03 Å². The lowest BCUT2D eigenvalue weighted by atomic mass is 10.1. The lowest BCUT2D eigenvalue weighted by Crippen LogP contribution is -2.50. The zero-order valence-electron chi connectivity index (χ0n) is 13.8. The minimum Gasteiger partial charge on any atom is -0.497 e. The van der Waals surface area contributed by atoms with E-state index in [1.165, 1.54) is 10.9 Å². The fourth-order valence-corrected chi connectivity index (χ4v) is 2.92. The van der Waals surface area contributed by atoms with Gasteiger partial charge in [0.1, 0.15) is 5.75 Å². The lowest BCUT2D eigenvalue weighted by Gasteiger charge is -2.32. The van der Waals surface area contributed by atoms with E-state index in [0.29, 0.717) is 6.54 Å². The maximum absolute atomic E-state index is 12.2. The van der Waals surface area contributed by atoms with Crippen LogP contribution >= 0.6 is 0 Å². The molecule has 2 N–H and O–H groups in total. The molecule has 0 atom stereocenters. The fraction of sp³-hybridized carbons (Fsp3) is 0.471. The van der Waals surface area contributed by atoms with Gasteiger partial charge in [0.25, 0.3) is 0 Å². The number of ether oxygens (including phenoxy) is 1. The summed E-state index contributed by atoms with van der Waals surface area (Å²) in [6, 6.07) is 6.05. The first kappa shape index (κ1) is 15.7. The van der Waals surface area contributed by atoms with Crippen molar-refractivity contribution >= 4 is 16.9 Å². The number of urea groups is 1. The van der Waals surface area contributed by atoms with E-state index in [-0.39, 0.29) is 6.03 Å². The Balaban J connectivity index is 1.53. The van der Waals surface area contributed by atoms with Gasteiger partial charge in [0.05, 0.1) is 7.11 Å². The van der Waals surface area contributed by atoms with Gasteiger partial charge in [-0.25, -0.2) is 4.79 Å². The number of piperazine rings is 1. The number of hydrogen-bond acceptors (Lipinski definition) is 3. The van der Waals surface area contributed by atoms with Crippen LogP contribution in [0.15, 0.2) is 24.4 Å². The topological polar surface area (TPSA) is 60.6 Å². The molecule has 124 valence electrons. The Labute approximate surface area is 136 Å². The normalized spacial score (nSPS) is 15.8. The van der Waals surface area contributed by atoms with E-state index in [0.717, 1.165) is 43.9 Å². The monoisotopic (exact) mass is 316 g/mol. The van der Waals surface area contributed by atoms with Crippen LogP contribution < -0.4 is 10.1 Å². The van der Waals surface area contributed by atoms with Crippen LogP contribution in [-0.2, 0) is 6.42 Å². The van der Waals surface area contributed by atoms with Gasteiger partial charge in [0.2, 0.25) is 0 Å².